The Bertz CT molecular complexity index is 982. The summed E-state index contributed by atoms with van der Waals surface area (Å²) in [6, 6.07) is 5.75. The molecule has 1 N–H and O–H groups in total. The predicted octanol–water partition coefficient (Wildman–Crippen LogP) is 2.78. The van der Waals surface area contributed by atoms with Gasteiger partial charge in [-0.15, -0.1) is 10.2 Å². The summed E-state index contributed by atoms with van der Waals surface area (Å²) >= 11 is 7.61. The van der Waals surface area contributed by atoms with Crippen molar-refractivity contribution in [2.45, 2.75) is 38.0 Å². The third-order valence-corrected chi connectivity index (χ3v) is 5.94. The summed E-state index contributed by atoms with van der Waals surface area (Å²) in [5.41, 5.74) is 1.94. The van der Waals surface area contributed by atoms with Crippen LogP contribution in [0.3, 0.4) is 0 Å². The maximum Gasteiger partial charge on any atom is 0.230 e. The Labute approximate surface area is 166 Å². The molecule has 4 rings (SSSR count). The number of imidazole rings is 1. The van der Waals surface area contributed by atoms with Crippen LogP contribution in [-0.2, 0) is 24.3 Å². The molecular weight excluding hydrogens is 384 g/mol. The van der Waals surface area contributed by atoms with Gasteiger partial charge in [-0.05, 0) is 31.0 Å². The van der Waals surface area contributed by atoms with Gasteiger partial charge >= 0.3 is 0 Å². The van der Waals surface area contributed by atoms with Gasteiger partial charge in [-0.25, -0.2) is 4.98 Å². The van der Waals surface area contributed by atoms with Crippen LogP contribution in [0.1, 0.15) is 23.6 Å². The number of halogens is 1. The Morgan fingerprint density at radius 3 is 3.15 bits per heavy atom. The molecule has 1 aliphatic heterocycles. The van der Waals surface area contributed by atoms with E-state index in [-0.39, 0.29) is 11.7 Å². The van der Waals surface area contributed by atoms with E-state index in [4.69, 9.17) is 11.6 Å². The first kappa shape index (κ1) is 18.1. The van der Waals surface area contributed by atoms with Gasteiger partial charge in [0.25, 0.3) is 0 Å². The molecule has 3 aromatic rings. The number of fused-ring (bicyclic) bond motifs is 1. The number of benzene rings is 1. The highest BCUT2D eigenvalue weighted by atomic mass is 35.5. The number of nitrogens with zero attached hydrogens (tertiary/aromatic N) is 5. The smallest absolute Gasteiger partial charge is 0.230 e. The molecule has 0 fully saturated rings. The number of thioether (sulfide) groups is 1. The Kier molecular flexibility index (Phi) is 5.18. The molecule has 0 saturated carbocycles. The first-order valence-corrected chi connectivity index (χ1v) is 10.1. The number of nitrogens with one attached hydrogen (secondary N) is 1. The first-order valence-electron chi connectivity index (χ1n) is 8.73. The molecule has 7 nitrogen and oxygen atoms in total. The molecule has 0 unspecified atom stereocenters. The Balaban J connectivity index is 1.37. The van der Waals surface area contributed by atoms with Crippen LogP contribution in [0.2, 0.25) is 5.02 Å². The van der Waals surface area contributed by atoms with Crippen LogP contribution in [0.15, 0.2) is 35.7 Å². The lowest BCUT2D eigenvalue weighted by Gasteiger charge is -2.11. The van der Waals surface area contributed by atoms with Gasteiger partial charge in [-0.2, -0.15) is 0 Å². The average molecular weight is 403 g/mol. The van der Waals surface area contributed by atoms with E-state index in [0.29, 0.717) is 11.6 Å². The monoisotopic (exact) mass is 402 g/mol. The van der Waals surface area contributed by atoms with Crippen molar-refractivity contribution in [3.05, 3.63) is 52.8 Å². The minimum absolute atomic E-state index is 0.0623. The van der Waals surface area contributed by atoms with Crippen molar-refractivity contribution in [1.82, 2.24) is 29.6 Å². The molecule has 9 heteroatoms. The van der Waals surface area contributed by atoms with Crippen molar-refractivity contribution < 1.29 is 4.79 Å². The quantitative estimate of drug-likeness (QED) is 0.641. The van der Waals surface area contributed by atoms with Crippen LogP contribution in [0, 0.1) is 6.92 Å². The van der Waals surface area contributed by atoms with Crippen LogP contribution in [0.25, 0.3) is 5.69 Å². The van der Waals surface area contributed by atoms with E-state index in [1.165, 1.54) is 11.8 Å². The fourth-order valence-corrected chi connectivity index (χ4v) is 4.10. The van der Waals surface area contributed by atoms with Gasteiger partial charge in [0.1, 0.15) is 5.82 Å². The van der Waals surface area contributed by atoms with Gasteiger partial charge in [-0.3, -0.25) is 9.36 Å². The molecular formula is C18H19ClN6OS. The van der Waals surface area contributed by atoms with Gasteiger partial charge in [0.05, 0.1) is 18.0 Å². The lowest BCUT2D eigenvalue weighted by molar-refractivity contribution is -0.118. The Hall–Kier alpha value is -2.32. The minimum atomic E-state index is -0.0623. The van der Waals surface area contributed by atoms with Crippen LogP contribution in [0.4, 0.5) is 0 Å². The summed E-state index contributed by atoms with van der Waals surface area (Å²) in [7, 11) is 0. The van der Waals surface area contributed by atoms with Crippen molar-refractivity contribution in [1.29, 1.82) is 0 Å². The highest BCUT2D eigenvalue weighted by Gasteiger charge is 2.18. The second-order valence-electron chi connectivity index (χ2n) is 6.32. The maximum absolute atomic E-state index is 12.3. The number of carbonyl (C=O) groups excluding carboxylic acids is 1. The Morgan fingerprint density at radius 1 is 1.37 bits per heavy atom. The minimum Gasteiger partial charge on any atom is -0.348 e. The fraction of sp³-hybridized carbons (Fsp3) is 0.333. The zero-order chi connectivity index (χ0) is 18.8. The zero-order valence-corrected chi connectivity index (χ0v) is 16.4. The molecule has 0 bridgehead atoms. The van der Waals surface area contributed by atoms with Crippen LogP contribution in [0.5, 0.6) is 0 Å². The highest BCUT2D eigenvalue weighted by molar-refractivity contribution is 7.99. The number of hydrogen-bond donors (Lipinski definition) is 1. The number of aromatic nitrogens is 5. The molecule has 3 heterocycles. The molecule has 0 atom stereocenters. The van der Waals surface area contributed by atoms with Crippen molar-refractivity contribution in [3.63, 3.8) is 0 Å². The van der Waals surface area contributed by atoms with Crippen molar-refractivity contribution in [2.75, 3.05) is 5.75 Å². The second kappa shape index (κ2) is 7.74. The van der Waals surface area contributed by atoms with Crippen LogP contribution in [-0.4, -0.2) is 36.0 Å². The number of rotatable bonds is 6. The van der Waals surface area contributed by atoms with Crippen molar-refractivity contribution in [2.24, 2.45) is 0 Å². The van der Waals surface area contributed by atoms with Crippen molar-refractivity contribution in [3.8, 4) is 5.69 Å². The second-order valence-corrected chi connectivity index (χ2v) is 7.67. The highest BCUT2D eigenvalue weighted by Crippen LogP contribution is 2.26. The first-order chi connectivity index (χ1) is 13.1. The summed E-state index contributed by atoms with van der Waals surface area (Å²) < 4.78 is 4.03. The number of amides is 1. The predicted molar refractivity (Wildman–Crippen MR) is 104 cm³/mol. The summed E-state index contributed by atoms with van der Waals surface area (Å²) in [5.74, 6) is 2.04. The normalized spacial score (nSPS) is 13.0. The van der Waals surface area contributed by atoms with E-state index in [2.05, 4.69) is 25.1 Å². The topological polar surface area (TPSA) is 77.6 Å². The zero-order valence-electron chi connectivity index (χ0n) is 14.9. The van der Waals surface area contributed by atoms with Crippen LogP contribution >= 0.6 is 23.4 Å². The van der Waals surface area contributed by atoms with Gasteiger partial charge in [0, 0.05) is 30.4 Å². The molecule has 2 aromatic heterocycles. The summed E-state index contributed by atoms with van der Waals surface area (Å²) in [4.78, 5) is 16.6. The molecule has 1 amide bonds. The van der Waals surface area contributed by atoms with E-state index < -0.39 is 0 Å². The number of hydrogen-bond acceptors (Lipinski definition) is 5. The standard InChI is InChI=1S/C18H19ClN6OS/c1-12-13(19)4-2-5-14(12)24-9-7-20-18(24)27-11-17(26)21-10-16-23-22-15-6-3-8-25(15)16/h2,4-5,7,9H,3,6,8,10-11H2,1H3,(H,21,26). The SMILES string of the molecule is Cc1c(Cl)cccc1-n1ccnc1SCC(=O)NCc1nnc2n1CCC2. The number of carbonyl (C=O) groups is 1. The van der Waals surface area contributed by atoms with Gasteiger partial charge < -0.3 is 9.88 Å². The molecule has 0 saturated heterocycles. The van der Waals surface area contributed by atoms with E-state index in [9.17, 15) is 4.79 Å². The molecule has 1 aliphatic rings. The van der Waals surface area contributed by atoms with Gasteiger partial charge in [0.2, 0.25) is 5.91 Å². The molecule has 0 aliphatic carbocycles. The van der Waals surface area contributed by atoms with E-state index >= 15 is 0 Å². The summed E-state index contributed by atoms with van der Waals surface area (Å²) in [6.45, 7) is 3.29. The lowest BCUT2D eigenvalue weighted by Crippen LogP contribution is -2.26. The van der Waals surface area contributed by atoms with E-state index in [1.807, 2.05) is 35.9 Å². The molecule has 27 heavy (non-hydrogen) atoms. The lowest BCUT2D eigenvalue weighted by atomic mass is 10.2. The van der Waals surface area contributed by atoms with Crippen LogP contribution < -0.4 is 5.32 Å². The average Bonchev–Trinajstić information content (AvgIpc) is 3.38. The molecule has 1 aromatic carbocycles. The summed E-state index contributed by atoms with van der Waals surface area (Å²) in [5, 5.41) is 12.7. The third-order valence-electron chi connectivity index (χ3n) is 4.57. The molecule has 0 spiro atoms. The van der Waals surface area contributed by atoms with Gasteiger partial charge in [-0.1, -0.05) is 29.4 Å². The van der Waals surface area contributed by atoms with Crippen molar-refractivity contribution >= 4 is 29.3 Å². The number of aryl methyl sites for hydroxylation is 1. The maximum atomic E-state index is 12.3. The van der Waals surface area contributed by atoms with E-state index in [1.54, 1.807) is 6.20 Å². The van der Waals surface area contributed by atoms with E-state index in [0.717, 1.165) is 47.4 Å². The third kappa shape index (κ3) is 3.72. The largest absolute Gasteiger partial charge is 0.348 e. The fourth-order valence-electron chi connectivity index (χ4n) is 3.14. The summed E-state index contributed by atoms with van der Waals surface area (Å²) in [6.07, 6.45) is 5.65. The van der Waals surface area contributed by atoms with Gasteiger partial charge in [0.15, 0.2) is 11.0 Å². The molecule has 0 radical (unpaired) electrons. The molecule has 140 valence electrons. The Morgan fingerprint density at radius 2 is 2.26 bits per heavy atom.